The molecule has 0 amide bonds. The van der Waals surface area contributed by atoms with E-state index in [1.54, 1.807) is 7.05 Å². The van der Waals surface area contributed by atoms with Crippen molar-refractivity contribution in [2.24, 2.45) is 12.8 Å². The zero-order chi connectivity index (χ0) is 10.4. The molecule has 1 aromatic rings. The van der Waals surface area contributed by atoms with E-state index in [1.807, 2.05) is 0 Å². The lowest BCUT2D eigenvalue weighted by Gasteiger charge is -1.96. The van der Waals surface area contributed by atoms with Gasteiger partial charge in [-0.05, 0) is 24.6 Å². The van der Waals surface area contributed by atoms with E-state index in [0.29, 0.717) is 18.8 Å². The molecule has 0 unspecified atom stereocenters. The van der Waals surface area contributed by atoms with Crippen LogP contribution in [0.5, 0.6) is 0 Å². The number of Topliss-reactive ketones (excluding diaryl/α,β-unsaturated/α-hetero) is 1. The molecule has 6 nitrogen and oxygen atoms in total. The molecule has 0 radical (unpaired) electrons. The first-order valence-corrected chi connectivity index (χ1v) is 4.67. The number of hydrogen-bond donors (Lipinski definition) is 1. The molecule has 0 aliphatic heterocycles. The number of hydrogen-bond acceptors (Lipinski definition) is 5. The average molecular weight is 197 g/mol. The largest absolute Gasteiger partial charge is 0.330 e. The van der Waals surface area contributed by atoms with Crippen molar-refractivity contribution in [1.29, 1.82) is 0 Å². The maximum Gasteiger partial charge on any atom is 0.182 e. The predicted molar refractivity (Wildman–Crippen MR) is 50.4 cm³/mol. The molecular weight excluding hydrogens is 182 g/mol. The fourth-order valence-electron chi connectivity index (χ4n) is 1.13. The molecule has 0 spiro atoms. The van der Waals surface area contributed by atoms with Gasteiger partial charge in [0.05, 0.1) is 13.5 Å². The van der Waals surface area contributed by atoms with Crippen molar-refractivity contribution in [3.05, 3.63) is 5.82 Å². The van der Waals surface area contributed by atoms with Crippen molar-refractivity contribution < 1.29 is 4.79 Å². The van der Waals surface area contributed by atoms with Gasteiger partial charge in [-0.2, -0.15) is 4.80 Å². The number of carbonyl (C=O) groups is 1. The minimum Gasteiger partial charge on any atom is -0.330 e. The van der Waals surface area contributed by atoms with Gasteiger partial charge < -0.3 is 5.73 Å². The molecule has 0 fully saturated rings. The number of nitrogens with two attached hydrogens (primary N) is 1. The first-order valence-electron chi connectivity index (χ1n) is 4.67. The van der Waals surface area contributed by atoms with Crippen LogP contribution in [0, 0.1) is 0 Å². The van der Waals surface area contributed by atoms with Crippen LogP contribution in [-0.4, -0.2) is 32.5 Å². The van der Waals surface area contributed by atoms with E-state index in [-0.39, 0.29) is 12.2 Å². The molecular formula is C8H15N5O. The van der Waals surface area contributed by atoms with Crippen LogP contribution in [0.15, 0.2) is 0 Å². The van der Waals surface area contributed by atoms with Gasteiger partial charge in [0, 0.05) is 6.42 Å². The highest BCUT2D eigenvalue weighted by molar-refractivity contribution is 5.79. The molecule has 0 aromatic carbocycles. The Kier molecular flexibility index (Phi) is 4.18. The molecule has 0 atom stereocenters. The van der Waals surface area contributed by atoms with E-state index in [9.17, 15) is 4.79 Å². The highest BCUT2D eigenvalue weighted by Crippen LogP contribution is 1.99. The fraction of sp³-hybridized carbons (Fsp3) is 0.750. The Morgan fingerprint density at radius 2 is 2.29 bits per heavy atom. The number of aryl methyl sites for hydroxylation is 1. The number of aromatic nitrogens is 4. The number of unbranched alkanes of at least 4 members (excludes halogenated alkanes) is 1. The molecule has 0 bridgehead atoms. The van der Waals surface area contributed by atoms with Gasteiger partial charge in [0.25, 0.3) is 0 Å². The average Bonchev–Trinajstić information content (AvgIpc) is 2.52. The molecule has 0 aliphatic rings. The van der Waals surface area contributed by atoms with Gasteiger partial charge >= 0.3 is 0 Å². The van der Waals surface area contributed by atoms with Gasteiger partial charge in [0.2, 0.25) is 0 Å². The summed E-state index contributed by atoms with van der Waals surface area (Å²) in [6, 6.07) is 0. The summed E-state index contributed by atoms with van der Waals surface area (Å²) in [5, 5.41) is 11.3. The quantitative estimate of drug-likeness (QED) is 0.618. The van der Waals surface area contributed by atoms with Gasteiger partial charge in [0.1, 0.15) is 5.78 Å². The lowest BCUT2D eigenvalue weighted by Crippen LogP contribution is -2.06. The lowest BCUT2D eigenvalue weighted by atomic mass is 10.1. The minimum absolute atomic E-state index is 0.145. The Labute approximate surface area is 82.5 Å². The third-order valence-corrected chi connectivity index (χ3v) is 1.81. The number of carbonyl (C=O) groups excluding carboxylic acids is 1. The monoisotopic (exact) mass is 197 g/mol. The third-order valence-electron chi connectivity index (χ3n) is 1.81. The zero-order valence-corrected chi connectivity index (χ0v) is 8.31. The van der Waals surface area contributed by atoms with Crippen molar-refractivity contribution in [2.75, 3.05) is 6.54 Å². The standard InChI is InChI=1S/C8H15N5O/c1-13-11-8(10-12-13)6-7(14)4-2-3-5-9/h2-6,9H2,1H3. The fourth-order valence-corrected chi connectivity index (χ4v) is 1.13. The molecule has 1 heterocycles. The maximum atomic E-state index is 11.3. The SMILES string of the molecule is Cn1nnc(CC(=O)CCCCN)n1. The zero-order valence-electron chi connectivity index (χ0n) is 8.31. The van der Waals surface area contributed by atoms with E-state index >= 15 is 0 Å². The van der Waals surface area contributed by atoms with E-state index in [4.69, 9.17) is 5.73 Å². The second-order valence-corrected chi connectivity index (χ2v) is 3.16. The second-order valence-electron chi connectivity index (χ2n) is 3.16. The molecule has 2 N–H and O–H groups in total. The number of ketones is 1. The molecule has 6 heteroatoms. The van der Waals surface area contributed by atoms with Gasteiger partial charge in [-0.3, -0.25) is 4.79 Å². The van der Waals surface area contributed by atoms with Crippen molar-refractivity contribution in [1.82, 2.24) is 20.2 Å². The molecule has 1 rings (SSSR count). The van der Waals surface area contributed by atoms with Gasteiger partial charge in [-0.15, -0.1) is 10.2 Å². The first-order chi connectivity index (χ1) is 6.72. The Morgan fingerprint density at radius 1 is 1.50 bits per heavy atom. The normalized spacial score (nSPS) is 10.4. The van der Waals surface area contributed by atoms with Crippen LogP contribution in [0.25, 0.3) is 0 Å². The topological polar surface area (TPSA) is 86.7 Å². The minimum atomic E-state index is 0.145. The highest BCUT2D eigenvalue weighted by atomic mass is 16.1. The first kappa shape index (κ1) is 10.8. The summed E-state index contributed by atoms with van der Waals surface area (Å²) in [5.74, 6) is 0.636. The van der Waals surface area contributed by atoms with Crippen molar-refractivity contribution >= 4 is 5.78 Å². The van der Waals surface area contributed by atoms with Gasteiger partial charge in [-0.1, -0.05) is 0 Å². The van der Waals surface area contributed by atoms with E-state index in [1.165, 1.54) is 4.80 Å². The van der Waals surface area contributed by atoms with Crippen LogP contribution in [0.1, 0.15) is 25.1 Å². The predicted octanol–water partition coefficient (Wildman–Crippen LogP) is -0.549. The highest BCUT2D eigenvalue weighted by Gasteiger charge is 2.07. The van der Waals surface area contributed by atoms with E-state index in [2.05, 4.69) is 15.4 Å². The van der Waals surface area contributed by atoms with Crippen molar-refractivity contribution in [3.8, 4) is 0 Å². The Balaban J connectivity index is 2.27. The lowest BCUT2D eigenvalue weighted by molar-refractivity contribution is -0.118. The van der Waals surface area contributed by atoms with Gasteiger partial charge in [0.15, 0.2) is 5.82 Å². The third kappa shape index (κ3) is 3.61. The summed E-state index contributed by atoms with van der Waals surface area (Å²) in [6.07, 6.45) is 2.56. The molecule has 1 aromatic heterocycles. The molecule has 0 saturated heterocycles. The molecule has 78 valence electrons. The molecule has 0 aliphatic carbocycles. The smallest absolute Gasteiger partial charge is 0.182 e. The number of tetrazole rings is 1. The van der Waals surface area contributed by atoms with Gasteiger partial charge in [-0.25, -0.2) is 0 Å². The molecule has 0 saturated carbocycles. The van der Waals surface area contributed by atoms with Crippen LogP contribution in [-0.2, 0) is 18.3 Å². The Bertz CT molecular complexity index is 296. The second kappa shape index (κ2) is 5.43. The maximum absolute atomic E-state index is 11.3. The van der Waals surface area contributed by atoms with E-state index < -0.39 is 0 Å². The number of rotatable bonds is 6. The van der Waals surface area contributed by atoms with E-state index in [0.717, 1.165) is 12.8 Å². The van der Waals surface area contributed by atoms with Crippen LogP contribution in [0.3, 0.4) is 0 Å². The summed E-state index contributed by atoms with van der Waals surface area (Å²) < 4.78 is 0. The Morgan fingerprint density at radius 3 is 2.86 bits per heavy atom. The summed E-state index contributed by atoms with van der Waals surface area (Å²) in [6.45, 7) is 0.636. The summed E-state index contributed by atoms with van der Waals surface area (Å²) in [7, 11) is 1.68. The van der Waals surface area contributed by atoms with Crippen molar-refractivity contribution in [3.63, 3.8) is 0 Å². The van der Waals surface area contributed by atoms with Crippen LogP contribution < -0.4 is 5.73 Å². The van der Waals surface area contributed by atoms with Crippen LogP contribution >= 0.6 is 0 Å². The van der Waals surface area contributed by atoms with Crippen LogP contribution in [0.4, 0.5) is 0 Å². The number of nitrogens with zero attached hydrogens (tertiary/aromatic N) is 4. The summed E-state index contributed by atoms with van der Waals surface area (Å²) in [5.41, 5.74) is 5.32. The Hall–Kier alpha value is -1.30. The summed E-state index contributed by atoms with van der Waals surface area (Å²) >= 11 is 0. The molecule has 14 heavy (non-hydrogen) atoms. The summed E-state index contributed by atoms with van der Waals surface area (Å²) in [4.78, 5) is 12.7. The van der Waals surface area contributed by atoms with Crippen LogP contribution in [0.2, 0.25) is 0 Å². The van der Waals surface area contributed by atoms with Crippen molar-refractivity contribution in [2.45, 2.75) is 25.7 Å².